The molecule has 104 valence electrons. The van der Waals surface area contributed by atoms with E-state index >= 15 is 0 Å². The summed E-state index contributed by atoms with van der Waals surface area (Å²) in [7, 11) is 0. The number of hydrogen-bond donors (Lipinski definition) is 2. The third kappa shape index (κ3) is 4.49. The number of halogens is 1. The average molecular weight is 282 g/mol. The Balaban J connectivity index is 1.77. The monoisotopic (exact) mass is 281 g/mol. The largest absolute Gasteiger partial charge is 0.352 e. The van der Waals surface area contributed by atoms with Crippen LogP contribution >= 0.6 is 11.6 Å². The molecule has 1 fully saturated rings. The lowest BCUT2D eigenvalue weighted by atomic mass is 10.0. The van der Waals surface area contributed by atoms with Crippen molar-refractivity contribution in [3.05, 3.63) is 34.9 Å². The number of likely N-dealkylation sites (tertiary alicyclic amines) is 1. The number of benzene rings is 1. The van der Waals surface area contributed by atoms with Crippen LogP contribution in [0.15, 0.2) is 24.3 Å². The topological polar surface area (TPSA) is 58.4 Å². The lowest BCUT2D eigenvalue weighted by Gasteiger charge is -2.32. The fourth-order valence-electron chi connectivity index (χ4n) is 2.37. The molecule has 1 aromatic rings. The third-order valence-electron chi connectivity index (χ3n) is 3.46. The number of carbonyl (C=O) groups excluding carboxylic acids is 1. The maximum absolute atomic E-state index is 11.2. The van der Waals surface area contributed by atoms with Crippen LogP contribution in [-0.4, -0.2) is 36.5 Å². The van der Waals surface area contributed by atoms with Crippen LogP contribution in [0.2, 0.25) is 5.02 Å². The molecule has 0 unspecified atom stereocenters. The quantitative estimate of drug-likeness (QED) is 0.877. The summed E-state index contributed by atoms with van der Waals surface area (Å²) in [5, 5.41) is 3.72. The molecular weight excluding hydrogens is 262 g/mol. The summed E-state index contributed by atoms with van der Waals surface area (Å²) in [6.07, 6.45) is 1.97. The summed E-state index contributed by atoms with van der Waals surface area (Å²) >= 11 is 5.87. The third-order valence-corrected chi connectivity index (χ3v) is 3.71. The minimum atomic E-state index is -0.0591. The number of nitrogens with two attached hydrogens (primary N) is 1. The molecule has 0 spiro atoms. The molecule has 0 aromatic heterocycles. The molecule has 1 aliphatic heterocycles. The van der Waals surface area contributed by atoms with E-state index in [9.17, 15) is 4.79 Å². The van der Waals surface area contributed by atoms with Crippen LogP contribution in [0.5, 0.6) is 0 Å². The Morgan fingerprint density at radius 1 is 1.32 bits per heavy atom. The number of nitrogens with zero attached hydrogens (tertiary/aromatic N) is 1. The number of nitrogens with one attached hydrogen (secondary N) is 1. The second-order valence-electron chi connectivity index (χ2n) is 4.95. The molecule has 1 aromatic carbocycles. The zero-order chi connectivity index (χ0) is 13.7. The standard InChI is InChI=1S/C14H20ClN3O/c15-12-3-1-11(2-4-12)10-18-7-5-13(6-8-18)17-14(19)9-16/h1-4,13H,5-10,16H2,(H,17,19). The average Bonchev–Trinajstić information content (AvgIpc) is 2.43. The molecular formula is C14H20ClN3O. The summed E-state index contributed by atoms with van der Waals surface area (Å²) in [5.41, 5.74) is 6.57. The Kier molecular flexibility index (Phi) is 5.19. The summed E-state index contributed by atoms with van der Waals surface area (Å²) in [6.45, 7) is 3.01. The molecule has 0 atom stereocenters. The van der Waals surface area contributed by atoms with E-state index in [0.29, 0.717) is 0 Å². The molecule has 2 rings (SSSR count). The highest BCUT2D eigenvalue weighted by molar-refractivity contribution is 6.30. The number of rotatable bonds is 4. The lowest BCUT2D eigenvalue weighted by Crippen LogP contribution is -2.46. The normalized spacial score (nSPS) is 17.4. The highest BCUT2D eigenvalue weighted by Crippen LogP contribution is 2.15. The van der Waals surface area contributed by atoms with Crippen molar-refractivity contribution in [3.63, 3.8) is 0 Å². The Labute approximate surface area is 118 Å². The van der Waals surface area contributed by atoms with Crippen LogP contribution in [0.1, 0.15) is 18.4 Å². The van der Waals surface area contributed by atoms with Crippen LogP contribution in [0.25, 0.3) is 0 Å². The van der Waals surface area contributed by atoms with Crippen molar-refractivity contribution < 1.29 is 4.79 Å². The molecule has 1 saturated heterocycles. The van der Waals surface area contributed by atoms with Crippen LogP contribution < -0.4 is 11.1 Å². The Morgan fingerprint density at radius 2 is 1.95 bits per heavy atom. The molecule has 3 N–H and O–H groups in total. The van der Waals surface area contributed by atoms with Gasteiger partial charge in [0.25, 0.3) is 0 Å². The first-order valence-electron chi connectivity index (χ1n) is 6.63. The zero-order valence-electron chi connectivity index (χ0n) is 10.9. The molecule has 5 heteroatoms. The van der Waals surface area contributed by atoms with E-state index in [1.807, 2.05) is 12.1 Å². The Hall–Kier alpha value is -1.10. The summed E-state index contributed by atoms with van der Waals surface area (Å²) in [4.78, 5) is 13.6. The predicted molar refractivity (Wildman–Crippen MR) is 76.9 cm³/mol. The van der Waals surface area contributed by atoms with E-state index in [2.05, 4.69) is 22.3 Å². The van der Waals surface area contributed by atoms with Gasteiger partial charge in [0.05, 0.1) is 6.54 Å². The van der Waals surface area contributed by atoms with E-state index in [-0.39, 0.29) is 18.5 Å². The highest BCUT2D eigenvalue weighted by atomic mass is 35.5. The van der Waals surface area contributed by atoms with Gasteiger partial charge in [-0.25, -0.2) is 0 Å². The van der Waals surface area contributed by atoms with Gasteiger partial charge in [-0.15, -0.1) is 0 Å². The molecule has 0 bridgehead atoms. The molecule has 0 radical (unpaired) electrons. The van der Waals surface area contributed by atoms with Gasteiger partial charge in [0.1, 0.15) is 0 Å². The van der Waals surface area contributed by atoms with Crippen LogP contribution in [0.3, 0.4) is 0 Å². The predicted octanol–water partition coefficient (Wildman–Crippen LogP) is 1.38. The van der Waals surface area contributed by atoms with Crippen molar-refractivity contribution >= 4 is 17.5 Å². The zero-order valence-corrected chi connectivity index (χ0v) is 11.7. The molecule has 4 nitrogen and oxygen atoms in total. The molecule has 0 saturated carbocycles. The van der Waals surface area contributed by atoms with Gasteiger partial charge >= 0.3 is 0 Å². The SMILES string of the molecule is NCC(=O)NC1CCN(Cc2ccc(Cl)cc2)CC1. The molecule has 0 aliphatic carbocycles. The molecule has 1 heterocycles. The summed E-state index contributed by atoms with van der Waals surface area (Å²) in [5.74, 6) is -0.0591. The second kappa shape index (κ2) is 6.89. The first kappa shape index (κ1) is 14.3. The smallest absolute Gasteiger partial charge is 0.233 e. The molecule has 1 amide bonds. The Bertz CT molecular complexity index is 413. The van der Waals surface area contributed by atoms with Gasteiger partial charge in [-0.05, 0) is 30.5 Å². The van der Waals surface area contributed by atoms with E-state index in [4.69, 9.17) is 17.3 Å². The van der Waals surface area contributed by atoms with Crippen molar-refractivity contribution in [1.82, 2.24) is 10.2 Å². The number of carbonyl (C=O) groups is 1. The first-order chi connectivity index (χ1) is 9.17. The molecule has 1 aliphatic rings. The second-order valence-corrected chi connectivity index (χ2v) is 5.38. The van der Waals surface area contributed by atoms with Gasteiger partial charge in [-0.1, -0.05) is 23.7 Å². The maximum atomic E-state index is 11.2. The van der Waals surface area contributed by atoms with E-state index in [1.165, 1.54) is 5.56 Å². The molecule has 19 heavy (non-hydrogen) atoms. The minimum Gasteiger partial charge on any atom is -0.352 e. The summed E-state index contributed by atoms with van der Waals surface area (Å²) in [6, 6.07) is 8.24. The minimum absolute atomic E-state index is 0.0591. The van der Waals surface area contributed by atoms with E-state index in [0.717, 1.165) is 37.5 Å². The number of hydrogen-bond acceptors (Lipinski definition) is 3. The first-order valence-corrected chi connectivity index (χ1v) is 7.01. The van der Waals surface area contributed by atoms with Crippen LogP contribution in [-0.2, 0) is 11.3 Å². The summed E-state index contributed by atoms with van der Waals surface area (Å²) < 4.78 is 0. The van der Waals surface area contributed by atoms with Crippen LogP contribution in [0.4, 0.5) is 0 Å². The van der Waals surface area contributed by atoms with Gasteiger partial charge in [0.15, 0.2) is 0 Å². The maximum Gasteiger partial charge on any atom is 0.233 e. The fraction of sp³-hybridized carbons (Fsp3) is 0.500. The van der Waals surface area contributed by atoms with E-state index in [1.54, 1.807) is 0 Å². The Morgan fingerprint density at radius 3 is 2.53 bits per heavy atom. The van der Waals surface area contributed by atoms with Crippen LogP contribution in [0, 0.1) is 0 Å². The van der Waals surface area contributed by atoms with Crippen molar-refractivity contribution in [3.8, 4) is 0 Å². The van der Waals surface area contributed by atoms with Crippen molar-refractivity contribution in [1.29, 1.82) is 0 Å². The van der Waals surface area contributed by atoms with Gasteiger partial charge in [-0.3, -0.25) is 9.69 Å². The number of amides is 1. The van der Waals surface area contributed by atoms with E-state index < -0.39 is 0 Å². The van der Waals surface area contributed by atoms with Gasteiger partial charge < -0.3 is 11.1 Å². The lowest BCUT2D eigenvalue weighted by molar-refractivity contribution is -0.120. The van der Waals surface area contributed by atoms with Crippen molar-refractivity contribution in [2.24, 2.45) is 5.73 Å². The van der Waals surface area contributed by atoms with Gasteiger partial charge in [0.2, 0.25) is 5.91 Å². The fourth-order valence-corrected chi connectivity index (χ4v) is 2.50. The van der Waals surface area contributed by atoms with Crippen molar-refractivity contribution in [2.75, 3.05) is 19.6 Å². The van der Waals surface area contributed by atoms with Gasteiger partial charge in [0, 0.05) is 30.7 Å². The van der Waals surface area contributed by atoms with Crippen molar-refractivity contribution in [2.45, 2.75) is 25.4 Å². The highest BCUT2D eigenvalue weighted by Gasteiger charge is 2.20. The van der Waals surface area contributed by atoms with Gasteiger partial charge in [-0.2, -0.15) is 0 Å². The number of piperidine rings is 1.